The second-order valence-corrected chi connectivity index (χ2v) is 6.58. The van der Waals surface area contributed by atoms with Gasteiger partial charge in [-0.05, 0) is 12.1 Å². The number of nitrogens with zero attached hydrogens (tertiary/aromatic N) is 1. The molecule has 0 heterocycles. The molecule has 0 aliphatic rings. The molecule has 0 spiro atoms. The Bertz CT molecular complexity index is 807. The van der Waals surface area contributed by atoms with Crippen molar-refractivity contribution in [3.63, 3.8) is 0 Å². The number of quaternary nitrogens is 1. The summed E-state index contributed by atoms with van der Waals surface area (Å²) >= 11 is 0. The van der Waals surface area contributed by atoms with Gasteiger partial charge in [-0.15, -0.1) is 0 Å². The highest BCUT2D eigenvalue weighted by atomic mass is 16.1. The van der Waals surface area contributed by atoms with E-state index in [4.69, 9.17) is 0 Å². The lowest BCUT2D eigenvalue weighted by molar-refractivity contribution is -0.895. The first-order valence-electron chi connectivity index (χ1n) is 8.03. The van der Waals surface area contributed by atoms with E-state index in [0.29, 0.717) is 34.3 Å². The van der Waals surface area contributed by atoms with Gasteiger partial charge >= 0.3 is 0 Å². The van der Waals surface area contributed by atoms with Gasteiger partial charge in [0.1, 0.15) is 13.1 Å². The van der Waals surface area contributed by atoms with E-state index in [0.717, 1.165) is 11.8 Å². The maximum atomic E-state index is 12.6. The van der Waals surface area contributed by atoms with Gasteiger partial charge in [0.2, 0.25) is 0 Å². The molecule has 4 heteroatoms. The van der Waals surface area contributed by atoms with E-state index in [2.05, 4.69) is 6.58 Å². The van der Waals surface area contributed by atoms with Crippen molar-refractivity contribution in [3.8, 4) is 0 Å². The average Bonchev–Trinajstić information content (AvgIpc) is 2.61. The van der Waals surface area contributed by atoms with Crippen LogP contribution in [0.5, 0.6) is 0 Å². The third kappa shape index (κ3) is 4.58. The Labute approximate surface area is 148 Å². The number of ketones is 2. The molecule has 0 radical (unpaired) electrons. The first kappa shape index (κ1) is 18.5. The van der Waals surface area contributed by atoms with Gasteiger partial charge in [-0.2, -0.15) is 0 Å². The van der Waals surface area contributed by atoms with Gasteiger partial charge in [0.25, 0.3) is 0 Å². The molecule has 0 saturated heterocycles. The standard InChI is InChI=1S/C21H22NO3/c1-4-20(24)19-14-17(21(25)16-8-6-5-7-9-16)10-11-18(19)15-22(2,3)12-13-23/h4-11,13-14H,1,12,15H2,2-3H3/q+1. The van der Waals surface area contributed by atoms with Crippen molar-refractivity contribution in [2.75, 3.05) is 20.6 Å². The Morgan fingerprint density at radius 1 is 1.04 bits per heavy atom. The fraction of sp³-hybridized carbons (Fsp3) is 0.190. The minimum atomic E-state index is -0.233. The molecule has 0 unspecified atom stereocenters. The highest BCUT2D eigenvalue weighted by molar-refractivity contribution is 6.12. The maximum Gasteiger partial charge on any atom is 0.193 e. The lowest BCUT2D eigenvalue weighted by Gasteiger charge is -2.28. The Morgan fingerprint density at radius 3 is 2.32 bits per heavy atom. The van der Waals surface area contributed by atoms with Crippen molar-refractivity contribution < 1.29 is 18.9 Å². The molecular formula is C21H22NO3+. The van der Waals surface area contributed by atoms with Crippen LogP contribution in [0.1, 0.15) is 31.8 Å². The Morgan fingerprint density at radius 2 is 1.72 bits per heavy atom. The molecule has 2 rings (SSSR count). The molecule has 25 heavy (non-hydrogen) atoms. The fourth-order valence-electron chi connectivity index (χ4n) is 2.68. The number of carbonyl (C=O) groups is 3. The maximum absolute atomic E-state index is 12.6. The molecule has 0 amide bonds. The first-order valence-corrected chi connectivity index (χ1v) is 8.03. The van der Waals surface area contributed by atoms with E-state index >= 15 is 0 Å². The quantitative estimate of drug-likeness (QED) is 0.322. The summed E-state index contributed by atoms with van der Waals surface area (Å²) in [6, 6.07) is 14.1. The van der Waals surface area contributed by atoms with Crippen molar-refractivity contribution in [2.45, 2.75) is 6.54 Å². The Kier molecular flexibility index (Phi) is 5.78. The van der Waals surface area contributed by atoms with E-state index in [1.54, 1.807) is 42.5 Å². The summed E-state index contributed by atoms with van der Waals surface area (Å²) in [4.78, 5) is 35.7. The van der Waals surface area contributed by atoms with Crippen LogP contribution in [0.25, 0.3) is 0 Å². The predicted molar refractivity (Wildman–Crippen MR) is 97.6 cm³/mol. The van der Waals surface area contributed by atoms with Gasteiger partial charge in [-0.25, -0.2) is 0 Å². The van der Waals surface area contributed by atoms with Crippen LogP contribution in [-0.2, 0) is 11.3 Å². The largest absolute Gasteiger partial charge is 0.319 e. The van der Waals surface area contributed by atoms with E-state index in [9.17, 15) is 14.4 Å². The predicted octanol–water partition coefficient (Wildman–Crippen LogP) is 3.06. The molecule has 0 saturated carbocycles. The van der Waals surface area contributed by atoms with Crippen molar-refractivity contribution in [1.29, 1.82) is 0 Å². The molecule has 0 aliphatic heterocycles. The number of hydrogen-bond donors (Lipinski definition) is 0. The monoisotopic (exact) mass is 336 g/mol. The van der Waals surface area contributed by atoms with Crippen LogP contribution in [0.3, 0.4) is 0 Å². The second-order valence-electron chi connectivity index (χ2n) is 6.58. The molecule has 0 N–H and O–H groups in total. The van der Waals surface area contributed by atoms with Crippen molar-refractivity contribution >= 4 is 17.9 Å². The molecule has 2 aromatic rings. The van der Waals surface area contributed by atoms with Crippen LogP contribution in [0.2, 0.25) is 0 Å². The molecule has 0 bridgehead atoms. The van der Waals surface area contributed by atoms with E-state index < -0.39 is 0 Å². The van der Waals surface area contributed by atoms with Crippen molar-refractivity contribution in [2.24, 2.45) is 0 Å². The topological polar surface area (TPSA) is 51.2 Å². The lowest BCUT2D eigenvalue weighted by atomic mass is 9.95. The molecular weight excluding hydrogens is 314 g/mol. The summed E-state index contributed by atoms with van der Waals surface area (Å²) in [6.07, 6.45) is 2.11. The zero-order valence-corrected chi connectivity index (χ0v) is 14.6. The fourth-order valence-corrected chi connectivity index (χ4v) is 2.68. The number of aldehydes is 1. The summed E-state index contributed by atoms with van der Waals surface area (Å²) < 4.78 is 0.424. The lowest BCUT2D eigenvalue weighted by Crippen LogP contribution is -2.40. The third-order valence-electron chi connectivity index (χ3n) is 4.03. The van der Waals surface area contributed by atoms with Gasteiger partial charge in [0.15, 0.2) is 17.9 Å². The molecule has 0 aromatic heterocycles. The zero-order chi connectivity index (χ0) is 18.4. The first-order chi connectivity index (χ1) is 11.9. The van der Waals surface area contributed by atoms with E-state index in [1.165, 1.54) is 6.08 Å². The van der Waals surface area contributed by atoms with Crippen molar-refractivity contribution in [3.05, 3.63) is 83.4 Å². The van der Waals surface area contributed by atoms with Gasteiger partial charge in [-0.3, -0.25) is 14.4 Å². The zero-order valence-electron chi connectivity index (χ0n) is 14.6. The van der Waals surface area contributed by atoms with Crippen LogP contribution in [0, 0.1) is 0 Å². The summed E-state index contributed by atoms with van der Waals surface area (Å²) in [5.41, 5.74) is 2.28. The van der Waals surface area contributed by atoms with Crippen LogP contribution in [-0.4, -0.2) is 43.0 Å². The normalized spacial score (nSPS) is 11.0. The minimum Gasteiger partial charge on any atom is -0.319 e. The number of likely N-dealkylation sites (N-methyl/N-ethyl adjacent to an activating group) is 1. The van der Waals surface area contributed by atoms with Gasteiger partial charge in [0, 0.05) is 22.3 Å². The highest BCUT2D eigenvalue weighted by Crippen LogP contribution is 2.20. The molecule has 128 valence electrons. The molecule has 0 atom stereocenters. The molecule has 4 nitrogen and oxygen atoms in total. The smallest absolute Gasteiger partial charge is 0.193 e. The Hall–Kier alpha value is -2.85. The highest BCUT2D eigenvalue weighted by Gasteiger charge is 2.21. The van der Waals surface area contributed by atoms with Crippen LogP contribution in [0.15, 0.2) is 61.2 Å². The minimum absolute atomic E-state index is 0.132. The van der Waals surface area contributed by atoms with Crippen molar-refractivity contribution in [1.82, 2.24) is 0 Å². The molecule has 0 aliphatic carbocycles. The van der Waals surface area contributed by atoms with E-state index in [1.807, 2.05) is 20.2 Å². The summed E-state index contributed by atoms with van der Waals surface area (Å²) in [7, 11) is 3.83. The second kappa shape index (κ2) is 7.81. The number of allylic oxidation sites excluding steroid dienone is 1. The van der Waals surface area contributed by atoms with Gasteiger partial charge in [-0.1, -0.05) is 49.0 Å². The summed E-state index contributed by atoms with van der Waals surface area (Å²) in [5.74, 6) is -0.365. The van der Waals surface area contributed by atoms with Crippen LogP contribution < -0.4 is 0 Å². The van der Waals surface area contributed by atoms with Crippen LogP contribution in [0.4, 0.5) is 0 Å². The van der Waals surface area contributed by atoms with Gasteiger partial charge < -0.3 is 4.48 Å². The number of benzene rings is 2. The summed E-state index contributed by atoms with van der Waals surface area (Å²) in [6.45, 7) is 4.39. The third-order valence-corrected chi connectivity index (χ3v) is 4.03. The molecule has 0 fully saturated rings. The number of carbonyl (C=O) groups excluding carboxylic acids is 3. The average molecular weight is 336 g/mol. The number of hydrogen-bond acceptors (Lipinski definition) is 3. The SMILES string of the molecule is C=CC(=O)c1cc(C(=O)c2ccccc2)ccc1C[N+](C)(C)CC=O. The Balaban J connectivity index is 2.43. The molecule has 2 aromatic carbocycles. The summed E-state index contributed by atoms with van der Waals surface area (Å²) in [5, 5.41) is 0. The van der Waals surface area contributed by atoms with Gasteiger partial charge in [0.05, 0.1) is 14.1 Å². The van der Waals surface area contributed by atoms with Crippen LogP contribution >= 0.6 is 0 Å². The number of rotatable bonds is 8. The van der Waals surface area contributed by atoms with E-state index in [-0.39, 0.29) is 11.6 Å².